The first-order valence-electron chi connectivity index (χ1n) is 5.02. The van der Waals surface area contributed by atoms with E-state index in [1.807, 2.05) is 0 Å². The van der Waals surface area contributed by atoms with Crippen molar-refractivity contribution in [2.24, 2.45) is 0 Å². The minimum atomic E-state index is 0.521. The monoisotopic (exact) mass is 240 g/mol. The van der Waals surface area contributed by atoms with Crippen molar-refractivity contribution in [3.05, 3.63) is 17.7 Å². The van der Waals surface area contributed by atoms with E-state index in [0.717, 1.165) is 12.8 Å². The van der Waals surface area contributed by atoms with Crippen LogP contribution in [0.4, 0.5) is 0 Å². The molecule has 7 heteroatoms. The van der Waals surface area contributed by atoms with E-state index in [-0.39, 0.29) is 0 Å². The van der Waals surface area contributed by atoms with Crippen molar-refractivity contribution in [2.45, 2.75) is 37.7 Å². The van der Waals surface area contributed by atoms with Gasteiger partial charge in [-0.2, -0.15) is 0 Å². The van der Waals surface area contributed by atoms with E-state index in [1.54, 1.807) is 6.92 Å². The minimum Gasteiger partial charge on any atom is -0.424 e. The Morgan fingerprint density at radius 1 is 1.06 bits per heavy atom. The molecule has 6 nitrogen and oxygen atoms in total. The third-order valence-corrected chi connectivity index (χ3v) is 2.60. The van der Waals surface area contributed by atoms with Gasteiger partial charge in [0, 0.05) is 13.3 Å². The van der Waals surface area contributed by atoms with Crippen LogP contribution in [0.1, 0.15) is 31.0 Å². The maximum atomic E-state index is 5.42. The smallest absolute Gasteiger partial charge is 0.277 e. The van der Waals surface area contributed by atoms with E-state index in [1.165, 1.54) is 11.8 Å². The molecule has 0 N–H and O–H groups in total. The van der Waals surface area contributed by atoms with Crippen molar-refractivity contribution in [1.82, 2.24) is 20.4 Å². The van der Waals surface area contributed by atoms with E-state index in [2.05, 4.69) is 27.3 Å². The van der Waals surface area contributed by atoms with E-state index in [0.29, 0.717) is 28.6 Å². The van der Waals surface area contributed by atoms with E-state index in [4.69, 9.17) is 8.83 Å². The van der Waals surface area contributed by atoms with Gasteiger partial charge in [0.2, 0.25) is 17.7 Å². The molecule has 16 heavy (non-hydrogen) atoms. The van der Waals surface area contributed by atoms with Gasteiger partial charge >= 0.3 is 0 Å². The molecule has 2 rings (SSSR count). The standard InChI is InChI=1S/C9H12N4O2S/c1-3-4-7-11-12-8(15-7)5-16-9-13-10-6(2)14-9/h3-5H2,1-2H3. The fourth-order valence-corrected chi connectivity index (χ4v) is 1.76. The molecule has 2 heterocycles. The largest absolute Gasteiger partial charge is 0.424 e. The van der Waals surface area contributed by atoms with E-state index in [9.17, 15) is 0 Å². The van der Waals surface area contributed by atoms with Gasteiger partial charge in [0.1, 0.15) is 0 Å². The lowest BCUT2D eigenvalue weighted by Gasteiger charge is -1.90. The van der Waals surface area contributed by atoms with Crippen LogP contribution < -0.4 is 0 Å². The highest BCUT2D eigenvalue weighted by Gasteiger charge is 2.08. The first kappa shape index (κ1) is 11.1. The van der Waals surface area contributed by atoms with Gasteiger partial charge in [0.15, 0.2) is 0 Å². The molecule has 0 aliphatic heterocycles. The maximum Gasteiger partial charge on any atom is 0.277 e. The Balaban J connectivity index is 1.89. The van der Waals surface area contributed by atoms with Crippen molar-refractivity contribution in [3.63, 3.8) is 0 Å². The van der Waals surface area contributed by atoms with Crippen LogP contribution in [-0.4, -0.2) is 20.4 Å². The lowest BCUT2D eigenvalue weighted by molar-refractivity contribution is 0.427. The van der Waals surface area contributed by atoms with Gasteiger partial charge in [0.25, 0.3) is 5.22 Å². The highest BCUT2D eigenvalue weighted by Crippen LogP contribution is 2.20. The first-order valence-corrected chi connectivity index (χ1v) is 6.00. The van der Waals surface area contributed by atoms with E-state index >= 15 is 0 Å². The summed E-state index contributed by atoms with van der Waals surface area (Å²) in [4.78, 5) is 0. The molecule has 0 saturated carbocycles. The summed E-state index contributed by atoms with van der Waals surface area (Å²) in [6, 6.07) is 0. The molecule has 0 fully saturated rings. The summed E-state index contributed by atoms with van der Waals surface area (Å²) in [6.07, 6.45) is 1.81. The molecule has 0 atom stereocenters. The number of thioether (sulfide) groups is 1. The summed E-state index contributed by atoms with van der Waals surface area (Å²) in [5.74, 6) is 2.38. The zero-order valence-corrected chi connectivity index (χ0v) is 9.95. The quantitative estimate of drug-likeness (QED) is 0.739. The van der Waals surface area contributed by atoms with Crippen molar-refractivity contribution in [1.29, 1.82) is 0 Å². The Morgan fingerprint density at radius 2 is 1.88 bits per heavy atom. The van der Waals surface area contributed by atoms with Gasteiger partial charge in [-0.15, -0.1) is 20.4 Å². The van der Waals surface area contributed by atoms with Gasteiger partial charge < -0.3 is 8.83 Å². The summed E-state index contributed by atoms with van der Waals surface area (Å²) in [6.45, 7) is 3.82. The number of aromatic nitrogens is 4. The predicted octanol–water partition coefficient (Wildman–Crippen LogP) is 2.01. The van der Waals surface area contributed by atoms with Gasteiger partial charge in [0.05, 0.1) is 5.75 Å². The van der Waals surface area contributed by atoms with Crippen LogP contribution in [-0.2, 0) is 12.2 Å². The van der Waals surface area contributed by atoms with Crippen LogP contribution in [0.2, 0.25) is 0 Å². The van der Waals surface area contributed by atoms with Crippen molar-refractivity contribution >= 4 is 11.8 Å². The maximum absolute atomic E-state index is 5.42. The summed E-state index contributed by atoms with van der Waals surface area (Å²) in [5.41, 5.74) is 0. The third-order valence-electron chi connectivity index (χ3n) is 1.80. The van der Waals surface area contributed by atoms with E-state index < -0.39 is 0 Å². The Hall–Kier alpha value is -1.37. The first-order chi connectivity index (χ1) is 7.78. The molecule has 0 spiro atoms. The van der Waals surface area contributed by atoms with Crippen LogP contribution in [0.25, 0.3) is 0 Å². The second-order valence-corrected chi connectivity index (χ2v) is 4.14. The molecular weight excluding hydrogens is 228 g/mol. The average Bonchev–Trinajstić information content (AvgIpc) is 2.85. The Bertz CT molecular complexity index is 454. The van der Waals surface area contributed by atoms with Gasteiger partial charge in [-0.05, 0) is 6.42 Å². The molecule has 2 aromatic rings. The number of hydrogen-bond acceptors (Lipinski definition) is 7. The average molecular weight is 240 g/mol. The normalized spacial score (nSPS) is 10.9. The topological polar surface area (TPSA) is 77.8 Å². The van der Waals surface area contributed by atoms with Gasteiger partial charge in [-0.1, -0.05) is 18.7 Å². The predicted molar refractivity (Wildman–Crippen MR) is 56.9 cm³/mol. The summed E-state index contributed by atoms with van der Waals surface area (Å²) in [5, 5.41) is 16.0. The number of rotatable bonds is 5. The molecule has 0 aliphatic carbocycles. The van der Waals surface area contributed by atoms with Gasteiger partial charge in [-0.25, -0.2) is 0 Å². The SMILES string of the molecule is CCCc1nnc(CSc2nnc(C)o2)o1. The van der Waals surface area contributed by atoms with Crippen molar-refractivity contribution < 1.29 is 8.83 Å². The molecular formula is C9H12N4O2S. The van der Waals surface area contributed by atoms with Crippen molar-refractivity contribution in [2.75, 3.05) is 0 Å². The number of hydrogen-bond donors (Lipinski definition) is 0. The Kier molecular flexibility index (Phi) is 3.55. The molecule has 0 unspecified atom stereocenters. The zero-order valence-electron chi connectivity index (χ0n) is 9.13. The highest BCUT2D eigenvalue weighted by molar-refractivity contribution is 7.98. The number of aryl methyl sites for hydroxylation is 2. The van der Waals surface area contributed by atoms with Crippen LogP contribution in [0.5, 0.6) is 0 Å². The fourth-order valence-electron chi connectivity index (χ4n) is 1.12. The van der Waals surface area contributed by atoms with Crippen LogP contribution in [0.3, 0.4) is 0 Å². The molecule has 2 aromatic heterocycles. The number of nitrogens with zero attached hydrogens (tertiary/aromatic N) is 4. The van der Waals surface area contributed by atoms with Crippen LogP contribution >= 0.6 is 11.8 Å². The minimum absolute atomic E-state index is 0.521. The molecule has 86 valence electrons. The second-order valence-electron chi connectivity index (χ2n) is 3.22. The van der Waals surface area contributed by atoms with Gasteiger partial charge in [-0.3, -0.25) is 0 Å². The van der Waals surface area contributed by atoms with Crippen molar-refractivity contribution in [3.8, 4) is 0 Å². The highest BCUT2D eigenvalue weighted by atomic mass is 32.2. The molecule has 0 radical (unpaired) electrons. The molecule has 0 bridgehead atoms. The van der Waals surface area contributed by atoms with Crippen LogP contribution in [0.15, 0.2) is 14.1 Å². The lowest BCUT2D eigenvalue weighted by atomic mass is 10.3. The summed E-state index contributed by atoms with van der Waals surface area (Å²) < 4.78 is 10.6. The lowest BCUT2D eigenvalue weighted by Crippen LogP contribution is -1.80. The molecule has 0 saturated heterocycles. The molecule has 0 aliphatic rings. The molecule has 0 amide bonds. The third kappa shape index (κ3) is 2.82. The summed E-state index contributed by atoms with van der Waals surface area (Å²) >= 11 is 1.39. The second kappa shape index (κ2) is 5.11. The molecule has 0 aromatic carbocycles. The Labute approximate surface area is 96.8 Å². The summed E-state index contributed by atoms with van der Waals surface area (Å²) in [7, 11) is 0. The fraction of sp³-hybridized carbons (Fsp3) is 0.556. The Morgan fingerprint density at radius 3 is 2.56 bits per heavy atom. The zero-order chi connectivity index (χ0) is 11.4. The van der Waals surface area contributed by atoms with Crippen LogP contribution in [0, 0.1) is 6.92 Å².